The van der Waals surface area contributed by atoms with Gasteiger partial charge in [-0.2, -0.15) is 11.1 Å². The Morgan fingerprint density at radius 1 is 1.36 bits per heavy atom. The minimum atomic E-state index is -0.497. The summed E-state index contributed by atoms with van der Waals surface area (Å²) in [6.45, 7) is 2.76. The smallest absolute Gasteiger partial charge is 0.257 e. The molecule has 0 saturated carbocycles. The fraction of sp³-hybridized carbons (Fsp3) is 0.571. The van der Waals surface area contributed by atoms with E-state index >= 15 is 0 Å². The van der Waals surface area contributed by atoms with Crippen LogP contribution < -0.4 is 4.72 Å². The number of hydrogen-bond donors (Lipinski definition) is 2. The first-order valence-electron chi connectivity index (χ1n) is 3.26. The molecule has 0 atom stereocenters. The molecule has 0 bridgehead atoms. The van der Waals surface area contributed by atoms with E-state index in [4.69, 9.17) is 0 Å². The lowest BCUT2D eigenvalue weighted by molar-refractivity contribution is -0.115. The molecule has 0 saturated heterocycles. The lowest BCUT2D eigenvalue weighted by atomic mass is 10.3. The van der Waals surface area contributed by atoms with Crippen molar-refractivity contribution in [3.8, 4) is 0 Å². The van der Waals surface area contributed by atoms with E-state index in [-0.39, 0.29) is 11.5 Å². The number of halogens is 1. The number of allylic oxidation sites excluding steroid dienone is 1. The molecule has 0 radical (unpaired) electrons. The zero-order valence-corrected chi connectivity index (χ0v) is 8.13. The highest BCUT2D eigenvalue weighted by Gasteiger charge is 2.06. The Morgan fingerprint density at radius 2 is 1.82 bits per heavy atom. The minimum Gasteiger partial charge on any atom is -0.317 e. The first kappa shape index (κ1) is 10.5. The zero-order chi connectivity index (χ0) is 9.02. The second-order valence-electron chi connectivity index (χ2n) is 2.49. The van der Waals surface area contributed by atoms with E-state index in [2.05, 4.69) is 4.72 Å². The average molecular weight is 179 g/mol. The molecule has 0 heterocycles. The number of carbonyl (C=O) groups excluding carboxylic acids is 1. The van der Waals surface area contributed by atoms with Crippen molar-refractivity contribution in [3.63, 3.8) is 0 Å². The largest absolute Gasteiger partial charge is 0.317 e. The van der Waals surface area contributed by atoms with Crippen LogP contribution in [-0.4, -0.2) is 18.4 Å². The van der Waals surface area contributed by atoms with Gasteiger partial charge in [-0.15, -0.1) is 0 Å². The Hall–Kier alpha value is -0.510. The predicted octanol–water partition coefficient (Wildman–Crippen LogP) is 1.54. The third-order valence-corrected chi connectivity index (χ3v) is 1.83. The van der Waals surface area contributed by atoms with Gasteiger partial charge in [0.05, 0.1) is 0 Å². The molecule has 0 aliphatic rings. The van der Waals surface area contributed by atoms with E-state index in [9.17, 15) is 9.18 Å². The molecule has 0 fully saturated rings. The summed E-state index contributed by atoms with van der Waals surface area (Å²) in [5.74, 6) is -0.722. The zero-order valence-electron chi connectivity index (χ0n) is 7.23. The minimum absolute atomic E-state index is 0.168. The number of rotatable bonds is 2. The summed E-state index contributed by atoms with van der Waals surface area (Å²) in [6, 6.07) is 0. The van der Waals surface area contributed by atoms with E-state index in [0.29, 0.717) is 0 Å². The van der Waals surface area contributed by atoms with Gasteiger partial charge in [-0.05, 0) is 26.4 Å². The van der Waals surface area contributed by atoms with Crippen molar-refractivity contribution in [1.82, 2.24) is 4.72 Å². The summed E-state index contributed by atoms with van der Waals surface area (Å²) < 4.78 is 15.1. The van der Waals surface area contributed by atoms with Gasteiger partial charge in [0.1, 0.15) is 5.83 Å². The summed E-state index contributed by atoms with van der Waals surface area (Å²) in [6.07, 6.45) is 3.79. The molecule has 0 spiro atoms. The molecule has 0 aromatic rings. The molecular weight excluding hydrogens is 165 g/mol. The topological polar surface area (TPSA) is 29.1 Å². The number of amides is 1. The van der Waals surface area contributed by atoms with Gasteiger partial charge < -0.3 is 4.72 Å². The molecule has 0 unspecified atom stereocenters. The Labute approximate surface area is 69.3 Å². The van der Waals surface area contributed by atoms with Crippen LogP contribution in [0, 0.1) is 0 Å². The van der Waals surface area contributed by atoms with Crippen LogP contribution in [0.15, 0.2) is 11.4 Å². The fourth-order valence-electron chi connectivity index (χ4n) is 0.443. The molecular formula is C7H14FNOS. The predicted molar refractivity (Wildman–Crippen MR) is 48.5 cm³/mol. The van der Waals surface area contributed by atoms with Gasteiger partial charge in [-0.1, -0.05) is 0 Å². The van der Waals surface area contributed by atoms with Crippen LogP contribution in [0.3, 0.4) is 0 Å². The maximum Gasteiger partial charge on any atom is 0.257 e. The van der Waals surface area contributed by atoms with E-state index in [1.165, 1.54) is 13.8 Å². The summed E-state index contributed by atoms with van der Waals surface area (Å²) in [5, 5.41) is 0. The lowest BCUT2D eigenvalue weighted by Crippen LogP contribution is -2.20. The Kier molecular flexibility index (Phi) is 4.18. The van der Waals surface area contributed by atoms with Gasteiger partial charge in [0, 0.05) is 5.57 Å². The monoisotopic (exact) mass is 179 g/mol. The normalized spacial score (nSPS) is 13.7. The van der Waals surface area contributed by atoms with Crippen molar-refractivity contribution in [3.05, 3.63) is 11.4 Å². The molecule has 66 valence electrons. The summed E-state index contributed by atoms with van der Waals surface area (Å²) in [7, 11) is 0. The molecule has 4 heteroatoms. The Bertz CT molecular complexity index is 185. The van der Waals surface area contributed by atoms with Crippen molar-refractivity contribution in [2.24, 2.45) is 0 Å². The van der Waals surface area contributed by atoms with Crippen LogP contribution in [0.2, 0.25) is 0 Å². The summed E-state index contributed by atoms with van der Waals surface area (Å²) in [4.78, 5) is 11.0. The molecule has 2 nitrogen and oxygen atoms in total. The molecule has 0 rings (SSSR count). The van der Waals surface area contributed by atoms with Crippen LogP contribution in [-0.2, 0) is 4.79 Å². The van der Waals surface area contributed by atoms with Gasteiger partial charge in [-0.3, -0.25) is 4.79 Å². The number of hydrogen-bond acceptors (Lipinski definition) is 1. The maximum atomic E-state index is 12.4. The highest BCUT2D eigenvalue weighted by atomic mass is 32.2. The van der Waals surface area contributed by atoms with Crippen LogP contribution in [0.25, 0.3) is 0 Å². The van der Waals surface area contributed by atoms with Gasteiger partial charge in [-0.25, -0.2) is 4.39 Å². The highest BCUT2D eigenvalue weighted by Crippen LogP contribution is 2.10. The van der Waals surface area contributed by atoms with Crippen molar-refractivity contribution >= 4 is 17.0 Å². The van der Waals surface area contributed by atoms with E-state index < -0.39 is 16.9 Å². The molecule has 0 aromatic heterocycles. The van der Waals surface area contributed by atoms with E-state index in [0.717, 1.165) is 0 Å². The third-order valence-electron chi connectivity index (χ3n) is 1.18. The van der Waals surface area contributed by atoms with Crippen molar-refractivity contribution in [2.45, 2.75) is 13.8 Å². The second-order valence-corrected chi connectivity index (χ2v) is 4.51. The molecule has 11 heavy (non-hydrogen) atoms. The first-order valence-corrected chi connectivity index (χ1v) is 5.50. The van der Waals surface area contributed by atoms with Gasteiger partial charge >= 0.3 is 0 Å². The SMILES string of the molecule is C/C(F)=C(\C)C(=O)N[SH](C)C. The van der Waals surface area contributed by atoms with Crippen LogP contribution in [0.1, 0.15) is 13.8 Å². The highest BCUT2D eigenvalue weighted by molar-refractivity contribution is 8.14. The van der Waals surface area contributed by atoms with Gasteiger partial charge in [0.2, 0.25) is 0 Å². The third kappa shape index (κ3) is 4.03. The first-order chi connectivity index (χ1) is 4.95. The van der Waals surface area contributed by atoms with Crippen LogP contribution in [0.4, 0.5) is 4.39 Å². The number of thiol groups is 1. The number of nitrogens with one attached hydrogen (secondary N) is 1. The molecule has 1 amide bonds. The van der Waals surface area contributed by atoms with Gasteiger partial charge in [0.15, 0.2) is 0 Å². The fourth-order valence-corrected chi connectivity index (χ4v) is 1.02. The Morgan fingerprint density at radius 3 is 2.09 bits per heavy atom. The van der Waals surface area contributed by atoms with Crippen LogP contribution >= 0.6 is 11.1 Å². The molecule has 0 aromatic carbocycles. The Balaban J connectivity index is 4.17. The summed E-state index contributed by atoms with van der Waals surface area (Å²) in [5.41, 5.74) is 0.168. The second kappa shape index (κ2) is 4.38. The molecule has 1 N–H and O–H groups in total. The lowest BCUT2D eigenvalue weighted by Gasteiger charge is -2.11. The van der Waals surface area contributed by atoms with Crippen molar-refractivity contribution in [2.75, 3.05) is 12.5 Å². The quantitative estimate of drug-likeness (QED) is 0.488. The average Bonchev–Trinajstić information content (AvgIpc) is 1.84. The van der Waals surface area contributed by atoms with E-state index in [1.807, 2.05) is 12.5 Å². The number of carbonyl (C=O) groups is 1. The van der Waals surface area contributed by atoms with Gasteiger partial charge in [0.25, 0.3) is 5.91 Å². The maximum absolute atomic E-state index is 12.4. The van der Waals surface area contributed by atoms with E-state index in [1.54, 1.807) is 0 Å². The van der Waals surface area contributed by atoms with Crippen LogP contribution in [0.5, 0.6) is 0 Å². The molecule has 0 aliphatic carbocycles. The molecule has 0 aliphatic heterocycles. The standard InChI is InChI=1S/C7H14FNOS/c1-5(6(2)8)7(10)9-11(3)4/h11H,1-4H3,(H,9,10)/b6-5-. The summed E-state index contributed by atoms with van der Waals surface area (Å²) >= 11 is -0.497. The van der Waals surface area contributed by atoms with Crippen molar-refractivity contribution in [1.29, 1.82) is 0 Å². The van der Waals surface area contributed by atoms with Crippen molar-refractivity contribution < 1.29 is 9.18 Å².